The first kappa shape index (κ1) is 33.8. The molecule has 0 aromatic carbocycles. The number of rotatable bonds is 24. The van der Waals surface area contributed by atoms with Crippen LogP contribution in [0.15, 0.2) is 24.3 Å². The number of hydrogen-bond acceptors (Lipinski definition) is 2. The molecule has 0 aliphatic heterocycles. The number of carbonyl (C=O) groups excluding carboxylic acids is 1. The number of aldehydes is 1. The SMILES string of the molecule is CCCC/C=C\CCCCCCCC(=O)O.CCCCC/C=C\CCCCCCCCC=O. The Kier molecular flexibility index (Phi) is 33.6. The molecule has 0 atom stereocenters. The molecule has 0 saturated carbocycles. The van der Waals surface area contributed by atoms with E-state index in [-0.39, 0.29) is 0 Å². The maximum absolute atomic E-state index is 10.3. The minimum atomic E-state index is -0.668. The Morgan fingerprint density at radius 1 is 0.515 bits per heavy atom. The lowest BCUT2D eigenvalue weighted by Gasteiger charge is -1.98. The van der Waals surface area contributed by atoms with Crippen LogP contribution >= 0.6 is 0 Å². The molecule has 0 spiro atoms. The molecule has 33 heavy (non-hydrogen) atoms. The smallest absolute Gasteiger partial charge is 0.303 e. The van der Waals surface area contributed by atoms with Crippen molar-refractivity contribution in [1.29, 1.82) is 0 Å². The molecule has 0 fully saturated rings. The molecule has 1 N–H and O–H groups in total. The Labute approximate surface area is 206 Å². The van der Waals surface area contributed by atoms with Gasteiger partial charge in [-0.05, 0) is 57.8 Å². The van der Waals surface area contributed by atoms with Crippen molar-refractivity contribution in [3.8, 4) is 0 Å². The van der Waals surface area contributed by atoms with Gasteiger partial charge in [-0.1, -0.05) is 109 Å². The molecule has 0 aliphatic carbocycles. The largest absolute Gasteiger partial charge is 0.481 e. The Morgan fingerprint density at radius 2 is 0.879 bits per heavy atom. The summed E-state index contributed by atoms with van der Waals surface area (Å²) in [5.41, 5.74) is 0. The number of carboxylic acid groups (broad SMARTS) is 1. The van der Waals surface area contributed by atoms with E-state index < -0.39 is 5.97 Å². The van der Waals surface area contributed by atoms with Crippen molar-refractivity contribution in [2.45, 2.75) is 155 Å². The molecule has 0 radical (unpaired) electrons. The van der Waals surface area contributed by atoms with Gasteiger partial charge >= 0.3 is 5.97 Å². The van der Waals surface area contributed by atoms with E-state index in [1.165, 1.54) is 109 Å². The third-order valence-electron chi connectivity index (χ3n) is 5.74. The lowest BCUT2D eigenvalue weighted by atomic mass is 10.1. The van der Waals surface area contributed by atoms with Gasteiger partial charge in [-0.15, -0.1) is 0 Å². The van der Waals surface area contributed by atoms with Gasteiger partial charge in [0.1, 0.15) is 6.29 Å². The van der Waals surface area contributed by atoms with Crippen LogP contribution in [-0.4, -0.2) is 17.4 Å². The normalized spacial score (nSPS) is 11.1. The summed E-state index contributed by atoms with van der Waals surface area (Å²) in [7, 11) is 0. The van der Waals surface area contributed by atoms with Crippen molar-refractivity contribution in [2.75, 3.05) is 0 Å². The molecule has 0 heterocycles. The summed E-state index contributed by atoms with van der Waals surface area (Å²) in [4.78, 5) is 20.3. The molecule has 0 saturated heterocycles. The number of unbranched alkanes of at least 4 members (excludes halogenated alkanes) is 17. The number of carbonyl (C=O) groups is 2. The Bertz CT molecular complexity index is 440. The summed E-state index contributed by atoms with van der Waals surface area (Å²) in [6, 6.07) is 0. The molecule has 0 bridgehead atoms. The highest BCUT2D eigenvalue weighted by Crippen LogP contribution is 2.09. The van der Waals surface area contributed by atoms with Crippen LogP contribution in [0.1, 0.15) is 155 Å². The van der Waals surface area contributed by atoms with Gasteiger partial charge in [-0.25, -0.2) is 0 Å². The molecule has 0 aromatic heterocycles. The molecule has 3 nitrogen and oxygen atoms in total. The third-order valence-corrected chi connectivity index (χ3v) is 5.74. The van der Waals surface area contributed by atoms with Crippen molar-refractivity contribution in [3.05, 3.63) is 24.3 Å². The number of carboxylic acids is 1. The predicted molar refractivity (Wildman–Crippen MR) is 145 cm³/mol. The highest BCUT2D eigenvalue weighted by Gasteiger charge is 1.95. The first-order chi connectivity index (χ1) is 16.2. The monoisotopic (exact) mass is 464 g/mol. The summed E-state index contributed by atoms with van der Waals surface area (Å²) in [6.45, 7) is 4.46. The maximum atomic E-state index is 10.3. The van der Waals surface area contributed by atoms with E-state index in [9.17, 15) is 9.59 Å². The van der Waals surface area contributed by atoms with E-state index in [1.54, 1.807) is 0 Å². The summed E-state index contributed by atoms with van der Waals surface area (Å²) in [6.07, 6.45) is 36.1. The van der Waals surface area contributed by atoms with Gasteiger partial charge in [0.15, 0.2) is 0 Å². The first-order valence-corrected chi connectivity index (χ1v) is 14.1. The summed E-state index contributed by atoms with van der Waals surface area (Å²) in [5.74, 6) is -0.668. The fourth-order valence-electron chi connectivity index (χ4n) is 3.57. The molecule has 0 amide bonds. The molecule has 0 aliphatic rings. The van der Waals surface area contributed by atoms with E-state index in [0.717, 1.165) is 32.0 Å². The summed E-state index contributed by atoms with van der Waals surface area (Å²) in [5, 5.41) is 8.45. The van der Waals surface area contributed by atoms with Crippen molar-refractivity contribution in [3.63, 3.8) is 0 Å². The van der Waals surface area contributed by atoms with Crippen molar-refractivity contribution in [2.24, 2.45) is 0 Å². The van der Waals surface area contributed by atoms with Gasteiger partial charge in [-0.2, -0.15) is 0 Å². The van der Waals surface area contributed by atoms with Crippen LogP contribution in [-0.2, 0) is 9.59 Å². The minimum Gasteiger partial charge on any atom is -0.481 e. The molecule has 0 unspecified atom stereocenters. The van der Waals surface area contributed by atoms with Crippen LogP contribution in [0.4, 0.5) is 0 Å². The second-order valence-corrected chi connectivity index (χ2v) is 9.15. The third kappa shape index (κ3) is 38.2. The quantitative estimate of drug-likeness (QED) is 0.0878. The summed E-state index contributed by atoms with van der Waals surface area (Å²) < 4.78 is 0. The average molecular weight is 465 g/mol. The molecule has 3 heteroatoms. The van der Waals surface area contributed by atoms with Crippen molar-refractivity contribution in [1.82, 2.24) is 0 Å². The van der Waals surface area contributed by atoms with Crippen LogP contribution in [0.25, 0.3) is 0 Å². The van der Waals surface area contributed by atoms with Crippen molar-refractivity contribution >= 4 is 12.3 Å². The van der Waals surface area contributed by atoms with E-state index >= 15 is 0 Å². The Hall–Kier alpha value is -1.38. The highest BCUT2D eigenvalue weighted by atomic mass is 16.4. The molecular weight excluding hydrogens is 408 g/mol. The van der Waals surface area contributed by atoms with Gasteiger partial charge in [-0.3, -0.25) is 4.79 Å². The number of allylic oxidation sites excluding steroid dienone is 4. The lowest BCUT2D eigenvalue weighted by molar-refractivity contribution is -0.137. The minimum absolute atomic E-state index is 0.330. The fraction of sp³-hybridized carbons (Fsp3) is 0.800. The topological polar surface area (TPSA) is 54.4 Å². The van der Waals surface area contributed by atoms with Gasteiger partial charge in [0.25, 0.3) is 0 Å². The zero-order chi connectivity index (χ0) is 24.7. The standard InChI is InChI=1S/C16H30O.C14H26O2/c1-2-3-4-5-6-7-8-9-10-11-12-13-14-15-16-17;1-2-3-4-5-6-7-8-9-10-11-12-13-14(15)16/h6-7,16H,2-5,8-15H2,1H3;5-6H,2-4,7-13H2,1H3,(H,15,16)/b7-6-;6-5-. The van der Waals surface area contributed by atoms with E-state index in [1.807, 2.05) is 0 Å². The zero-order valence-electron chi connectivity index (χ0n) is 22.2. The predicted octanol–water partition coefficient (Wildman–Crippen LogP) is 9.99. The average Bonchev–Trinajstić information content (AvgIpc) is 2.81. The van der Waals surface area contributed by atoms with Gasteiger partial charge in [0.2, 0.25) is 0 Å². The second kappa shape index (κ2) is 32.8. The van der Waals surface area contributed by atoms with Crippen LogP contribution < -0.4 is 0 Å². The molecule has 0 rings (SSSR count). The summed E-state index contributed by atoms with van der Waals surface area (Å²) >= 11 is 0. The van der Waals surface area contributed by atoms with Gasteiger partial charge < -0.3 is 9.90 Å². The first-order valence-electron chi connectivity index (χ1n) is 14.1. The highest BCUT2D eigenvalue weighted by molar-refractivity contribution is 5.66. The molecular formula is C30H56O3. The number of hydrogen-bond donors (Lipinski definition) is 1. The van der Waals surface area contributed by atoms with Crippen LogP contribution in [0.5, 0.6) is 0 Å². The van der Waals surface area contributed by atoms with Crippen LogP contribution in [0, 0.1) is 0 Å². The van der Waals surface area contributed by atoms with Crippen LogP contribution in [0.3, 0.4) is 0 Å². The van der Waals surface area contributed by atoms with Crippen LogP contribution in [0.2, 0.25) is 0 Å². The fourth-order valence-corrected chi connectivity index (χ4v) is 3.57. The zero-order valence-corrected chi connectivity index (χ0v) is 22.2. The second-order valence-electron chi connectivity index (χ2n) is 9.15. The van der Waals surface area contributed by atoms with Gasteiger partial charge in [0.05, 0.1) is 0 Å². The van der Waals surface area contributed by atoms with Crippen molar-refractivity contribution < 1.29 is 14.7 Å². The lowest BCUT2D eigenvalue weighted by Crippen LogP contribution is -1.93. The van der Waals surface area contributed by atoms with E-state index in [2.05, 4.69) is 38.2 Å². The molecule has 0 aromatic rings. The maximum Gasteiger partial charge on any atom is 0.303 e. The van der Waals surface area contributed by atoms with Gasteiger partial charge in [0, 0.05) is 12.8 Å². The van der Waals surface area contributed by atoms with E-state index in [4.69, 9.17) is 5.11 Å². The van der Waals surface area contributed by atoms with E-state index in [0.29, 0.717) is 6.42 Å². The number of aliphatic carboxylic acids is 1. The molecule has 194 valence electrons. The Balaban J connectivity index is 0. The Morgan fingerprint density at radius 3 is 1.30 bits per heavy atom.